The highest BCUT2D eigenvalue weighted by atomic mass is 19.4. The average molecular weight is 219 g/mol. The Bertz CT molecular complexity index is 336. The van der Waals surface area contributed by atoms with E-state index < -0.39 is 12.6 Å². The molecule has 0 fully saturated rings. The van der Waals surface area contributed by atoms with Crippen LogP contribution >= 0.6 is 0 Å². The highest BCUT2D eigenvalue weighted by Gasteiger charge is 2.26. The van der Waals surface area contributed by atoms with Crippen LogP contribution in [0.3, 0.4) is 0 Å². The van der Waals surface area contributed by atoms with Crippen molar-refractivity contribution in [3.8, 4) is 0 Å². The van der Waals surface area contributed by atoms with Gasteiger partial charge in [-0.05, 0) is 12.5 Å². The van der Waals surface area contributed by atoms with E-state index in [1.54, 1.807) is 6.92 Å². The number of hydrogen-bond donors (Lipinski definition) is 2. The fourth-order valence-electron chi connectivity index (χ4n) is 0.968. The third kappa shape index (κ3) is 4.05. The van der Waals surface area contributed by atoms with Gasteiger partial charge in [0.1, 0.15) is 5.82 Å². The maximum atomic E-state index is 11.8. The molecule has 6 heteroatoms. The molecule has 84 valence electrons. The summed E-state index contributed by atoms with van der Waals surface area (Å²) in [5.41, 5.74) is 6.89. The van der Waals surface area contributed by atoms with E-state index in [4.69, 9.17) is 5.73 Å². The van der Waals surface area contributed by atoms with Crippen LogP contribution in [-0.4, -0.2) is 17.7 Å². The molecule has 0 aliphatic rings. The van der Waals surface area contributed by atoms with Gasteiger partial charge in [-0.1, -0.05) is 0 Å². The molecule has 0 unspecified atom stereocenters. The summed E-state index contributed by atoms with van der Waals surface area (Å²) in [5, 5.41) is 2.56. The number of pyridine rings is 1. The zero-order chi connectivity index (χ0) is 11.5. The fourth-order valence-corrected chi connectivity index (χ4v) is 0.968. The van der Waals surface area contributed by atoms with Crippen LogP contribution in [-0.2, 0) is 0 Å². The molecule has 0 saturated carbocycles. The maximum absolute atomic E-state index is 11.8. The number of aromatic nitrogens is 1. The second-order valence-corrected chi connectivity index (χ2v) is 3.22. The topological polar surface area (TPSA) is 50.9 Å². The Balaban J connectivity index is 2.48. The third-order valence-electron chi connectivity index (χ3n) is 1.86. The minimum absolute atomic E-state index is 0.195. The molecule has 3 nitrogen and oxygen atoms in total. The zero-order valence-electron chi connectivity index (χ0n) is 8.23. The summed E-state index contributed by atoms with van der Waals surface area (Å²) in [6.45, 7) is 1.58. The zero-order valence-corrected chi connectivity index (χ0v) is 8.23. The van der Waals surface area contributed by atoms with Gasteiger partial charge in [-0.25, -0.2) is 4.98 Å². The predicted molar refractivity (Wildman–Crippen MR) is 52.5 cm³/mol. The lowest BCUT2D eigenvalue weighted by Crippen LogP contribution is -2.15. The highest BCUT2D eigenvalue weighted by molar-refractivity contribution is 5.53. The Morgan fingerprint density at radius 3 is 2.67 bits per heavy atom. The number of rotatable bonds is 3. The summed E-state index contributed by atoms with van der Waals surface area (Å²) in [6.07, 6.45) is -3.52. The summed E-state index contributed by atoms with van der Waals surface area (Å²) < 4.78 is 35.5. The van der Waals surface area contributed by atoms with Crippen molar-refractivity contribution in [1.29, 1.82) is 0 Å². The van der Waals surface area contributed by atoms with Crippen molar-refractivity contribution < 1.29 is 13.2 Å². The molecule has 1 aromatic rings. The molecule has 15 heavy (non-hydrogen) atoms. The van der Waals surface area contributed by atoms with E-state index in [-0.39, 0.29) is 6.54 Å². The van der Waals surface area contributed by atoms with Gasteiger partial charge in [0.2, 0.25) is 0 Å². The first-order chi connectivity index (χ1) is 6.88. The minimum Gasteiger partial charge on any atom is -0.398 e. The largest absolute Gasteiger partial charge is 0.398 e. The molecule has 0 bridgehead atoms. The normalized spacial score (nSPS) is 11.5. The van der Waals surface area contributed by atoms with Crippen LogP contribution in [0.2, 0.25) is 0 Å². The number of nitrogens with two attached hydrogens (primary N) is 1. The van der Waals surface area contributed by atoms with Crippen molar-refractivity contribution in [2.45, 2.75) is 19.5 Å². The predicted octanol–water partition coefficient (Wildman–Crippen LogP) is 2.34. The molecule has 0 spiro atoms. The molecule has 0 aliphatic heterocycles. The van der Waals surface area contributed by atoms with E-state index in [1.807, 2.05) is 0 Å². The summed E-state index contributed by atoms with van der Waals surface area (Å²) in [5.74, 6) is 0.363. The first-order valence-corrected chi connectivity index (χ1v) is 4.41. The van der Waals surface area contributed by atoms with E-state index in [0.29, 0.717) is 11.5 Å². The van der Waals surface area contributed by atoms with Gasteiger partial charge in [-0.2, -0.15) is 13.2 Å². The molecule has 3 N–H and O–H groups in total. The number of nitrogens with zero attached hydrogens (tertiary/aromatic N) is 1. The lowest BCUT2D eigenvalue weighted by atomic mass is 10.2. The van der Waals surface area contributed by atoms with Gasteiger partial charge in [-0.15, -0.1) is 0 Å². The Labute approximate surface area is 85.5 Å². The fraction of sp³-hybridized carbons (Fsp3) is 0.444. The SMILES string of the molecule is Cc1cnc(NCCC(F)(F)F)cc1N. The summed E-state index contributed by atoms with van der Waals surface area (Å²) in [6, 6.07) is 1.52. The van der Waals surface area contributed by atoms with Crippen molar-refractivity contribution in [2.24, 2.45) is 0 Å². The second-order valence-electron chi connectivity index (χ2n) is 3.22. The lowest BCUT2D eigenvalue weighted by molar-refractivity contribution is -0.131. The number of nitrogens with one attached hydrogen (secondary N) is 1. The van der Waals surface area contributed by atoms with Gasteiger partial charge in [0, 0.05) is 24.5 Å². The van der Waals surface area contributed by atoms with E-state index >= 15 is 0 Å². The van der Waals surface area contributed by atoms with E-state index in [2.05, 4.69) is 10.3 Å². The van der Waals surface area contributed by atoms with Crippen LogP contribution in [0.25, 0.3) is 0 Å². The smallest absolute Gasteiger partial charge is 0.390 e. The van der Waals surface area contributed by atoms with E-state index in [1.165, 1.54) is 12.3 Å². The number of hydrogen-bond acceptors (Lipinski definition) is 3. The summed E-state index contributed by atoms with van der Waals surface area (Å²) in [7, 11) is 0. The van der Waals surface area contributed by atoms with Crippen molar-refractivity contribution in [3.63, 3.8) is 0 Å². The van der Waals surface area contributed by atoms with Crippen LogP contribution in [0, 0.1) is 6.92 Å². The summed E-state index contributed by atoms with van der Waals surface area (Å²) in [4.78, 5) is 3.90. The molecule has 1 heterocycles. The third-order valence-corrected chi connectivity index (χ3v) is 1.86. The van der Waals surface area contributed by atoms with Crippen molar-refractivity contribution >= 4 is 11.5 Å². The molecule has 1 rings (SSSR count). The molecule has 0 atom stereocenters. The van der Waals surface area contributed by atoms with Gasteiger partial charge in [0.15, 0.2) is 0 Å². The Hall–Kier alpha value is -1.46. The quantitative estimate of drug-likeness (QED) is 0.820. The van der Waals surface area contributed by atoms with Crippen LogP contribution in [0.5, 0.6) is 0 Å². The molecule has 0 aliphatic carbocycles. The average Bonchev–Trinajstić information content (AvgIpc) is 2.09. The molecular weight excluding hydrogens is 207 g/mol. The number of halogens is 3. The Kier molecular flexibility index (Phi) is 3.39. The highest BCUT2D eigenvalue weighted by Crippen LogP contribution is 2.19. The minimum atomic E-state index is -4.15. The van der Waals surface area contributed by atoms with Gasteiger partial charge in [0.05, 0.1) is 6.42 Å². The van der Waals surface area contributed by atoms with Crippen LogP contribution in [0.15, 0.2) is 12.3 Å². The first-order valence-electron chi connectivity index (χ1n) is 4.41. The van der Waals surface area contributed by atoms with Crippen molar-refractivity contribution in [1.82, 2.24) is 4.98 Å². The Morgan fingerprint density at radius 2 is 2.13 bits per heavy atom. The molecule has 0 saturated heterocycles. The van der Waals surface area contributed by atoms with Gasteiger partial charge < -0.3 is 11.1 Å². The van der Waals surface area contributed by atoms with Gasteiger partial charge in [0.25, 0.3) is 0 Å². The molecular formula is C9H12F3N3. The molecule has 0 radical (unpaired) electrons. The van der Waals surface area contributed by atoms with Gasteiger partial charge in [-0.3, -0.25) is 0 Å². The maximum Gasteiger partial charge on any atom is 0.390 e. The van der Waals surface area contributed by atoms with Crippen LogP contribution < -0.4 is 11.1 Å². The lowest BCUT2D eigenvalue weighted by Gasteiger charge is -2.09. The van der Waals surface area contributed by atoms with Crippen molar-refractivity contribution in [2.75, 3.05) is 17.6 Å². The number of alkyl halides is 3. The first kappa shape index (κ1) is 11.6. The Morgan fingerprint density at radius 1 is 1.47 bits per heavy atom. The van der Waals surface area contributed by atoms with Crippen molar-refractivity contribution in [3.05, 3.63) is 17.8 Å². The number of aryl methyl sites for hydroxylation is 1. The van der Waals surface area contributed by atoms with Crippen LogP contribution in [0.1, 0.15) is 12.0 Å². The summed E-state index contributed by atoms with van der Waals surface area (Å²) >= 11 is 0. The second kappa shape index (κ2) is 4.37. The number of anilines is 2. The van der Waals surface area contributed by atoms with E-state index in [0.717, 1.165) is 5.56 Å². The van der Waals surface area contributed by atoms with E-state index in [9.17, 15) is 13.2 Å². The number of nitrogen functional groups attached to an aromatic ring is 1. The monoisotopic (exact) mass is 219 g/mol. The molecule has 1 aromatic heterocycles. The van der Waals surface area contributed by atoms with Crippen LogP contribution in [0.4, 0.5) is 24.7 Å². The molecule has 0 amide bonds. The standard InChI is InChI=1S/C9H12F3N3/c1-6-5-15-8(4-7(6)13)14-3-2-9(10,11)12/h4-5H,2-3H2,1H3,(H3,13,14,15). The molecule has 0 aromatic carbocycles. The van der Waals surface area contributed by atoms with Gasteiger partial charge >= 0.3 is 6.18 Å².